The van der Waals surface area contributed by atoms with Crippen molar-refractivity contribution < 1.29 is 9.59 Å². The summed E-state index contributed by atoms with van der Waals surface area (Å²) in [5, 5.41) is 6.33. The molecule has 2 aliphatic heterocycles. The quantitative estimate of drug-likeness (QED) is 0.745. The first-order chi connectivity index (χ1) is 13.7. The van der Waals surface area contributed by atoms with Gasteiger partial charge in [0.25, 0.3) is 0 Å². The lowest BCUT2D eigenvalue weighted by Gasteiger charge is -2.30. The van der Waals surface area contributed by atoms with Crippen LogP contribution in [0.1, 0.15) is 56.1 Å². The molecule has 2 fully saturated rings. The summed E-state index contributed by atoms with van der Waals surface area (Å²) in [4.78, 5) is 27.0. The number of amides is 2. The van der Waals surface area contributed by atoms with Gasteiger partial charge in [-0.15, -0.1) is 0 Å². The zero-order valence-electron chi connectivity index (χ0n) is 16.5. The third-order valence-electron chi connectivity index (χ3n) is 6.40. The van der Waals surface area contributed by atoms with Crippen molar-refractivity contribution in [2.75, 3.05) is 6.54 Å². The zero-order chi connectivity index (χ0) is 19.3. The average molecular weight is 382 g/mol. The van der Waals surface area contributed by atoms with Crippen LogP contribution in [0.4, 0.5) is 0 Å². The number of carbonyl (C=O) groups is 2. The fraction of sp³-hybridized carbons (Fsp3) is 0.565. The number of hydrogen-bond donors (Lipinski definition) is 2. The van der Waals surface area contributed by atoms with Crippen molar-refractivity contribution in [1.29, 1.82) is 0 Å². The minimum absolute atomic E-state index is 0.0286. The van der Waals surface area contributed by atoms with Crippen LogP contribution in [-0.2, 0) is 22.7 Å². The van der Waals surface area contributed by atoms with E-state index in [1.807, 2.05) is 23.1 Å². The molecule has 4 rings (SSSR count). The molecule has 0 unspecified atom stereocenters. The van der Waals surface area contributed by atoms with Crippen molar-refractivity contribution >= 4 is 11.8 Å². The smallest absolute Gasteiger partial charge is 0.246 e. The predicted molar refractivity (Wildman–Crippen MR) is 109 cm³/mol. The standard InChI is InChI=1S/C23H31N3O2/c27-22(26-15-18-8-4-5-9-19(18)16-26)11-10-20(14-17-6-2-1-3-7-17)25-23(28)21-12-13-24-21/h4-5,8-11,17,20-21,24H,1-3,6-7,12-16H2,(H,25,28)/t20-,21+/m1/s1. The topological polar surface area (TPSA) is 61.4 Å². The molecule has 1 saturated carbocycles. The normalized spacial score (nSPS) is 23.3. The van der Waals surface area contributed by atoms with Crippen LogP contribution < -0.4 is 10.6 Å². The van der Waals surface area contributed by atoms with Crippen molar-refractivity contribution in [1.82, 2.24) is 15.5 Å². The zero-order valence-corrected chi connectivity index (χ0v) is 16.5. The molecule has 1 aromatic rings. The molecule has 1 aromatic carbocycles. The van der Waals surface area contributed by atoms with E-state index in [-0.39, 0.29) is 23.9 Å². The summed E-state index contributed by atoms with van der Waals surface area (Å²) in [6.07, 6.45) is 11.8. The van der Waals surface area contributed by atoms with Gasteiger partial charge < -0.3 is 15.5 Å². The SMILES string of the molecule is O=C(N[C@H](C=CC(=O)N1Cc2ccccc2C1)CC1CCCCC1)[C@@H]1CCN1. The van der Waals surface area contributed by atoms with Gasteiger partial charge in [0.2, 0.25) is 11.8 Å². The summed E-state index contributed by atoms with van der Waals surface area (Å²) >= 11 is 0. The number of rotatable bonds is 6. The van der Waals surface area contributed by atoms with E-state index < -0.39 is 0 Å². The highest BCUT2D eigenvalue weighted by Crippen LogP contribution is 2.28. The molecular formula is C23H31N3O2. The minimum atomic E-state index is -0.0639. The van der Waals surface area contributed by atoms with Gasteiger partial charge in [-0.25, -0.2) is 0 Å². The van der Waals surface area contributed by atoms with E-state index in [1.54, 1.807) is 6.08 Å². The molecule has 3 aliphatic rings. The Morgan fingerprint density at radius 3 is 2.39 bits per heavy atom. The van der Waals surface area contributed by atoms with E-state index in [0.717, 1.165) is 19.4 Å². The second-order valence-electron chi connectivity index (χ2n) is 8.47. The summed E-state index contributed by atoms with van der Waals surface area (Å²) in [5.74, 6) is 0.739. The number of nitrogens with one attached hydrogen (secondary N) is 2. The van der Waals surface area contributed by atoms with Gasteiger partial charge >= 0.3 is 0 Å². The predicted octanol–water partition coefficient (Wildman–Crippen LogP) is 2.90. The molecule has 150 valence electrons. The van der Waals surface area contributed by atoms with Crippen molar-refractivity contribution in [2.45, 2.75) is 70.1 Å². The lowest BCUT2D eigenvalue weighted by molar-refractivity contribution is -0.127. The molecular weight excluding hydrogens is 350 g/mol. The van der Waals surface area contributed by atoms with Gasteiger partial charge in [-0.2, -0.15) is 0 Å². The molecule has 1 aliphatic carbocycles. The average Bonchev–Trinajstić information content (AvgIpc) is 3.09. The largest absolute Gasteiger partial charge is 0.349 e. The Hall–Kier alpha value is -2.14. The first-order valence-electron chi connectivity index (χ1n) is 10.8. The Kier molecular flexibility index (Phi) is 6.10. The maximum Gasteiger partial charge on any atom is 0.246 e. The van der Waals surface area contributed by atoms with Crippen molar-refractivity contribution in [3.63, 3.8) is 0 Å². The Labute approximate surface area is 167 Å². The minimum Gasteiger partial charge on any atom is -0.349 e. The Morgan fingerprint density at radius 1 is 1.11 bits per heavy atom. The Bertz CT molecular complexity index is 710. The number of hydrogen-bond acceptors (Lipinski definition) is 3. The van der Waals surface area contributed by atoms with E-state index in [2.05, 4.69) is 22.8 Å². The molecule has 2 atom stereocenters. The second kappa shape index (κ2) is 8.91. The van der Waals surface area contributed by atoms with Crippen LogP contribution in [0.3, 0.4) is 0 Å². The molecule has 1 saturated heterocycles. The van der Waals surface area contributed by atoms with Crippen molar-refractivity contribution in [3.8, 4) is 0 Å². The highest BCUT2D eigenvalue weighted by molar-refractivity contribution is 5.88. The molecule has 0 spiro atoms. The number of benzene rings is 1. The van der Waals surface area contributed by atoms with Crippen molar-refractivity contribution in [2.24, 2.45) is 5.92 Å². The van der Waals surface area contributed by atoms with E-state index in [4.69, 9.17) is 0 Å². The van der Waals surface area contributed by atoms with Gasteiger partial charge in [0.1, 0.15) is 0 Å². The molecule has 5 heteroatoms. The van der Waals surface area contributed by atoms with Crippen LogP contribution in [0.25, 0.3) is 0 Å². The van der Waals surface area contributed by atoms with E-state index in [1.165, 1.54) is 43.2 Å². The maximum atomic E-state index is 12.7. The fourth-order valence-corrected chi connectivity index (χ4v) is 4.56. The number of nitrogens with zero attached hydrogens (tertiary/aromatic N) is 1. The summed E-state index contributed by atoms with van der Waals surface area (Å²) in [6, 6.07) is 8.09. The highest BCUT2D eigenvalue weighted by atomic mass is 16.2. The van der Waals surface area contributed by atoms with Gasteiger partial charge in [0.15, 0.2) is 0 Å². The van der Waals surface area contributed by atoms with Gasteiger partial charge in [-0.1, -0.05) is 62.4 Å². The van der Waals surface area contributed by atoms with Crippen LogP contribution in [0.2, 0.25) is 0 Å². The van der Waals surface area contributed by atoms with E-state index >= 15 is 0 Å². The number of fused-ring (bicyclic) bond motifs is 1. The lowest BCUT2D eigenvalue weighted by atomic mass is 9.84. The molecule has 28 heavy (non-hydrogen) atoms. The maximum absolute atomic E-state index is 12.7. The van der Waals surface area contributed by atoms with Crippen molar-refractivity contribution in [3.05, 3.63) is 47.5 Å². The summed E-state index contributed by atoms with van der Waals surface area (Å²) in [7, 11) is 0. The Morgan fingerprint density at radius 2 is 1.79 bits per heavy atom. The first-order valence-corrected chi connectivity index (χ1v) is 10.8. The monoisotopic (exact) mass is 381 g/mol. The van der Waals surface area contributed by atoms with Gasteiger partial charge in [0.05, 0.1) is 6.04 Å². The van der Waals surface area contributed by atoms with Gasteiger partial charge in [-0.3, -0.25) is 9.59 Å². The third-order valence-corrected chi connectivity index (χ3v) is 6.40. The van der Waals surface area contributed by atoms with Crippen LogP contribution in [0.5, 0.6) is 0 Å². The fourth-order valence-electron chi connectivity index (χ4n) is 4.56. The lowest BCUT2D eigenvalue weighted by Crippen LogP contribution is -2.55. The molecule has 0 radical (unpaired) electrons. The highest BCUT2D eigenvalue weighted by Gasteiger charge is 2.27. The second-order valence-corrected chi connectivity index (χ2v) is 8.47. The summed E-state index contributed by atoms with van der Waals surface area (Å²) in [5.41, 5.74) is 2.46. The van der Waals surface area contributed by atoms with Crippen LogP contribution in [0.15, 0.2) is 36.4 Å². The molecule has 5 nitrogen and oxygen atoms in total. The molecule has 0 bridgehead atoms. The van der Waals surface area contributed by atoms with Crippen LogP contribution in [0, 0.1) is 5.92 Å². The van der Waals surface area contributed by atoms with Gasteiger partial charge in [0, 0.05) is 25.2 Å². The molecule has 0 aromatic heterocycles. The molecule has 2 N–H and O–H groups in total. The van der Waals surface area contributed by atoms with E-state index in [9.17, 15) is 9.59 Å². The Balaban J connectivity index is 1.37. The van der Waals surface area contributed by atoms with Crippen LogP contribution in [-0.4, -0.2) is 35.3 Å². The van der Waals surface area contributed by atoms with E-state index in [0.29, 0.717) is 19.0 Å². The summed E-state index contributed by atoms with van der Waals surface area (Å²) in [6.45, 7) is 2.26. The molecule has 2 heterocycles. The summed E-state index contributed by atoms with van der Waals surface area (Å²) < 4.78 is 0. The number of carbonyl (C=O) groups excluding carboxylic acids is 2. The van der Waals surface area contributed by atoms with Crippen LogP contribution >= 0.6 is 0 Å². The molecule has 2 amide bonds. The third kappa shape index (κ3) is 4.64. The first kappa shape index (κ1) is 19.2. The van der Waals surface area contributed by atoms with Gasteiger partial charge in [-0.05, 0) is 36.4 Å².